The molecule has 2 unspecified atom stereocenters. The van der Waals surface area contributed by atoms with Crippen LogP contribution in [0.3, 0.4) is 0 Å². The highest BCUT2D eigenvalue weighted by atomic mass is 16.5. The van der Waals surface area contributed by atoms with Gasteiger partial charge in [-0.05, 0) is 43.5 Å². The molecule has 0 heterocycles. The van der Waals surface area contributed by atoms with Gasteiger partial charge in [-0.25, -0.2) is 0 Å². The van der Waals surface area contributed by atoms with Crippen LogP contribution in [0, 0.1) is 0 Å². The number of hydrogen-bond acceptors (Lipinski definition) is 2. The molecule has 1 N–H and O–H groups in total. The fourth-order valence-corrected chi connectivity index (χ4v) is 1.87. The number of benzene rings is 1. The summed E-state index contributed by atoms with van der Waals surface area (Å²) in [6.45, 7) is 10.6. The lowest BCUT2D eigenvalue weighted by molar-refractivity contribution is 0.317. The number of likely N-dealkylation sites (N-methyl/N-ethyl adjacent to an activating group) is 1. The summed E-state index contributed by atoms with van der Waals surface area (Å²) in [7, 11) is 0. The van der Waals surface area contributed by atoms with Crippen molar-refractivity contribution < 1.29 is 4.74 Å². The van der Waals surface area contributed by atoms with E-state index in [1.54, 1.807) is 0 Å². The molecule has 1 aromatic carbocycles. The Morgan fingerprint density at radius 3 is 2.29 bits per heavy atom. The Morgan fingerprint density at radius 1 is 1.12 bits per heavy atom. The second-order valence-corrected chi connectivity index (χ2v) is 4.55. The fraction of sp³-hybridized carbons (Fsp3) is 0.600. The van der Waals surface area contributed by atoms with Crippen molar-refractivity contribution in [3.8, 4) is 5.75 Å². The lowest BCUT2D eigenvalue weighted by atomic mass is 9.94. The van der Waals surface area contributed by atoms with Gasteiger partial charge in [0, 0.05) is 6.04 Å². The Bertz CT molecular complexity index is 307. The minimum atomic E-state index is 0.502. The molecule has 0 radical (unpaired) electrons. The van der Waals surface area contributed by atoms with Crippen molar-refractivity contribution in [2.75, 3.05) is 13.2 Å². The van der Waals surface area contributed by atoms with Gasteiger partial charge in [0.25, 0.3) is 0 Å². The van der Waals surface area contributed by atoms with Crippen LogP contribution in [0.2, 0.25) is 0 Å². The summed E-state index contributed by atoms with van der Waals surface area (Å²) in [5, 5.41) is 3.46. The summed E-state index contributed by atoms with van der Waals surface area (Å²) in [6.07, 6.45) is 1.05. The van der Waals surface area contributed by atoms with Crippen LogP contribution in [0.25, 0.3) is 0 Å². The molecule has 0 saturated heterocycles. The molecule has 1 rings (SSSR count). The van der Waals surface area contributed by atoms with E-state index in [0.29, 0.717) is 12.0 Å². The summed E-state index contributed by atoms with van der Waals surface area (Å²) < 4.78 is 5.58. The first-order chi connectivity index (χ1) is 8.19. The highest BCUT2D eigenvalue weighted by Crippen LogP contribution is 2.22. The molecule has 2 heteroatoms. The molecule has 0 bridgehead atoms. The molecule has 2 atom stereocenters. The van der Waals surface area contributed by atoms with Crippen LogP contribution in [-0.4, -0.2) is 19.2 Å². The molecule has 0 spiro atoms. The van der Waals surface area contributed by atoms with Crippen molar-refractivity contribution in [3.63, 3.8) is 0 Å². The van der Waals surface area contributed by atoms with Crippen molar-refractivity contribution in [2.24, 2.45) is 0 Å². The smallest absolute Gasteiger partial charge is 0.119 e. The molecule has 0 aliphatic rings. The van der Waals surface area contributed by atoms with Crippen molar-refractivity contribution in [2.45, 2.75) is 46.1 Å². The maximum Gasteiger partial charge on any atom is 0.119 e. The van der Waals surface area contributed by atoms with E-state index in [1.165, 1.54) is 5.56 Å². The standard InChI is InChI=1S/C15H25NO/c1-5-11-17-15-9-7-14(8-10-15)12(3)13(4)16-6-2/h7-10,12-13,16H,5-6,11H2,1-4H3. The Balaban J connectivity index is 2.60. The van der Waals surface area contributed by atoms with E-state index in [9.17, 15) is 0 Å². The van der Waals surface area contributed by atoms with Crippen LogP contribution in [-0.2, 0) is 0 Å². The van der Waals surface area contributed by atoms with Crippen LogP contribution in [0.5, 0.6) is 5.75 Å². The van der Waals surface area contributed by atoms with Gasteiger partial charge in [0.1, 0.15) is 5.75 Å². The zero-order valence-corrected chi connectivity index (χ0v) is 11.5. The minimum absolute atomic E-state index is 0.502. The molecule has 0 aromatic heterocycles. The quantitative estimate of drug-likeness (QED) is 0.780. The number of hydrogen-bond donors (Lipinski definition) is 1. The van der Waals surface area contributed by atoms with Gasteiger partial charge in [0.05, 0.1) is 6.61 Å². The molecule has 0 amide bonds. The molecule has 0 aliphatic heterocycles. The van der Waals surface area contributed by atoms with Gasteiger partial charge in [-0.15, -0.1) is 0 Å². The first kappa shape index (κ1) is 14.0. The highest BCUT2D eigenvalue weighted by Gasteiger charge is 2.12. The minimum Gasteiger partial charge on any atom is -0.494 e. The normalized spacial score (nSPS) is 14.4. The van der Waals surface area contributed by atoms with Crippen LogP contribution >= 0.6 is 0 Å². The summed E-state index contributed by atoms with van der Waals surface area (Å²) in [5.74, 6) is 1.49. The van der Waals surface area contributed by atoms with E-state index >= 15 is 0 Å². The SMILES string of the molecule is CCCOc1ccc(C(C)C(C)NCC)cc1. The first-order valence-corrected chi connectivity index (χ1v) is 6.65. The highest BCUT2D eigenvalue weighted by molar-refractivity contribution is 5.29. The largest absolute Gasteiger partial charge is 0.494 e. The van der Waals surface area contributed by atoms with E-state index < -0.39 is 0 Å². The van der Waals surface area contributed by atoms with Crippen molar-refractivity contribution >= 4 is 0 Å². The lowest BCUT2D eigenvalue weighted by Gasteiger charge is -2.21. The summed E-state index contributed by atoms with van der Waals surface area (Å²) >= 11 is 0. The van der Waals surface area contributed by atoms with Gasteiger partial charge in [-0.3, -0.25) is 0 Å². The molecular weight excluding hydrogens is 210 g/mol. The topological polar surface area (TPSA) is 21.3 Å². The third-order valence-electron chi connectivity index (χ3n) is 3.15. The van der Waals surface area contributed by atoms with Crippen molar-refractivity contribution in [3.05, 3.63) is 29.8 Å². The lowest BCUT2D eigenvalue weighted by Crippen LogP contribution is -2.30. The van der Waals surface area contributed by atoms with Crippen molar-refractivity contribution in [1.29, 1.82) is 0 Å². The molecule has 0 saturated carbocycles. The number of nitrogens with one attached hydrogen (secondary N) is 1. The van der Waals surface area contributed by atoms with E-state index in [1.807, 2.05) is 0 Å². The van der Waals surface area contributed by atoms with Crippen LogP contribution in [0.4, 0.5) is 0 Å². The summed E-state index contributed by atoms with van der Waals surface area (Å²) in [5.41, 5.74) is 1.36. The Kier molecular flexibility index (Phi) is 6.06. The number of rotatable bonds is 7. The Morgan fingerprint density at radius 2 is 1.76 bits per heavy atom. The molecular formula is C15H25NO. The summed E-state index contributed by atoms with van der Waals surface area (Å²) in [6, 6.07) is 8.98. The fourth-order valence-electron chi connectivity index (χ4n) is 1.87. The monoisotopic (exact) mass is 235 g/mol. The van der Waals surface area contributed by atoms with E-state index in [4.69, 9.17) is 4.74 Å². The Labute approximate surface area is 105 Å². The Hall–Kier alpha value is -1.02. The van der Waals surface area contributed by atoms with E-state index in [2.05, 4.69) is 57.3 Å². The maximum absolute atomic E-state index is 5.58. The predicted molar refractivity (Wildman–Crippen MR) is 73.8 cm³/mol. The van der Waals surface area contributed by atoms with Gasteiger partial charge < -0.3 is 10.1 Å². The predicted octanol–water partition coefficient (Wildman–Crippen LogP) is 3.58. The second-order valence-electron chi connectivity index (χ2n) is 4.55. The van der Waals surface area contributed by atoms with Crippen LogP contribution in [0.1, 0.15) is 45.6 Å². The molecule has 17 heavy (non-hydrogen) atoms. The van der Waals surface area contributed by atoms with Gasteiger partial charge >= 0.3 is 0 Å². The molecule has 2 nitrogen and oxygen atoms in total. The number of ether oxygens (including phenoxy) is 1. The van der Waals surface area contributed by atoms with Gasteiger partial charge in [0.15, 0.2) is 0 Å². The average Bonchev–Trinajstić information content (AvgIpc) is 2.36. The zero-order chi connectivity index (χ0) is 12.7. The molecule has 0 aliphatic carbocycles. The zero-order valence-electron chi connectivity index (χ0n) is 11.5. The molecule has 0 fully saturated rings. The van der Waals surface area contributed by atoms with Gasteiger partial charge in [0.2, 0.25) is 0 Å². The van der Waals surface area contributed by atoms with E-state index in [0.717, 1.165) is 25.3 Å². The molecule has 96 valence electrons. The van der Waals surface area contributed by atoms with Gasteiger partial charge in [-0.2, -0.15) is 0 Å². The van der Waals surface area contributed by atoms with Crippen LogP contribution < -0.4 is 10.1 Å². The summed E-state index contributed by atoms with van der Waals surface area (Å²) in [4.78, 5) is 0. The van der Waals surface area contributed by atoms with E-state index in [-0.39, 0.29) is 0 Å². The first-order valence-electron chi connectivity index (χ1n) is 6.65. The third kappa shape index (κ3) is 4.39. The molecule has 1 aromatic rings. The van der Waals surface area contributed by atoms with Gasteiger partial charge in [-0.1, -0.05) is 32.9 Å². The van der Waals surface area contributed by atoms with Crippen LogP contribution in [0.15, 0.2) is 24.3 Å². The second kappa shape index (κ2) is 7.33. The van der Waals surface area contributed by atoms with Crippen molar-refractivity contribution in [1.82, 2.24) is 5.32 Å². The third-order valence-corrected chi connectivity index (χ3v) is 3.15. The average molecular weight is 235 g/mol. The maximum atomic E-state index is 5.58.